The Hall–Kier alpha value is -2.96. The smallest absolute Gasteiger partial charge is 0.330 e. The van der Waals surface area contributed by atoms with Gasteiger partial charge in [-0.2, -0.15) is 4.31 Å². The molecule has 2 rings (SSSR count). The molecule has 0 aliphatic carbocycles. The standard InChI is InChI=1S/C18H25N5O6S/c1-21(30(3,27)28)12-14(24)22(9-10-29-2)15-16(19)23(18(26)20-17(15)25)11-13-7-5-4-6-8-13/h4-8H,9-12,19H2,1-3H3,(H,20,25,26). The van der Waals surface area contributed by atoms with Crippen molar-refractivity contribution in [2.24, 2.45) is 0 Å². The first-order valence-electron chi connectivity index (χ1n) is 8.93. The van der Waals surface area contributed by atoms with Crippen molar-refractivity contribution < 1.29 is 17.9 Å². The average molecular weight is 439 g/mol. The van der Waals surface area contributed by atoms with Crippen LogP contribution in [-0.4, -0.2) is 68.3 Å². The number of hydrogen-bond donors (Lipinski definition) is 2. The molecular formula is C18H25N5O6S. The van der Waals surface area contributed by atoms with Gasteiger partial charge in [0.15, 0.2) is 5.69 Å². The third-order valence-electron chi connectivity index (χ3n) is 4.41. The second-order valence-corrected chi connectivity index (χ2v) is 8.71. The van der Waals surface area contributed by atoms with Gasteiger partial charge < -0.3 is 15.4 Å². The summed E-state index contributed by atoms with van der Waals surface area (Å²) in [5, 5.41) is 0. The molecule has 164 valence electrons. The summed E-state index contributed by atoms with van der Waals surface area (Å²) in [6.45, 7) is -0.446. The van der Waals surface area contributed by atoms with Gasteiger partial charge in [0.2, 0.25) is 15.9 Å². The quantitative estimate of drug-likeness (QED) is 0.511. The molecule has 0 saturated heterocycles. The number of H-pyrrole nitrogens is 1. The van der Waals surface area contributed by atoms with Gasteiger partial charge in [0.25, 0.3) is 5.56 Å². The van der Waals surface area contributed by atoms with Crippen LogP contribution in [0.4, 0.5) is 11.5 Å². The number of amides is 1. The zero-order valence-corrected chi connectivity index (χ0v) is 17.8. The number of nitrogen functional groups attached to an aromatic ring is 1. The molecule has 1 heterocycles. The largest absolute Gasteiger partial charge is 0.383 e. The van der Waals surface area contributed by atoms with Gasteiger partial charge in [-0.15, -0.1) is 0 Å². The maximum Gasteiger partial charge on any atom is 0.330 e. The third-order valence-corrected chi connectivity index (χ3v) is 5.67. The van der Waals surface area contributed by atoms with Gasteiger partial charge in [0, 0.05) is 20.7 Å². The zero-order chi connectivity index (χ0) is 22.5. The molecule has 12 heteroatoms. The van der Waals surface area contributed by atoms with Crippen LogP contribution < -0.4 is 21.9 Å². The van der Waals surface area contributed by atoms with Crippen LogP contribution in [0.5, 0.6) is 0 Å². The second kappa shape index (κ2) is 9.69. The van der Waals surface area contributed by atoms with Crippen molar-refractivity contribution in [1.29, 1.82) is 0 Å². The Kier molecular flexibility index (Phi) is 7.54. The predicted octanol–water partition coefficient (Wildman–Crippen LogP) is -0.962. The van der Waals surface area contributed by atoms with Crippen LogP contribution in [0.25, 0.3) is 0 Å². The summed E-state index contributed by atoms with van der Waals surface area (Å²) in [6.07, 6.45) is 0.959. The molecule has 0 unspecified atom stereocenters. The first-order valence-corrected chi connectivity index (χ1v) is 10.8. The molecule has 0 saturated carbocycles. The molecule has 0 aliphatic rings. The van der Waals surface area contributed by atoms with Crippen LogP contribution in [0.15, 0.2) is 39.9 Å². The van der Waals surface area contributed by atoms with Crippen molar-refractivity contribution in [3.8, 4) is 0 Å². The number of carbonyl (C=O) groups excluding carboxylic acids is 1. The highest BCUT2D eigenvalue weighted by Gasteiger charge is 2.26. The van der Waals surface area contributed by atoms with E-state index in [0.717, 1.165) is 25.6 Å². The van der Waals surface area contributed by atoms with E-state index in [-0.39, 0.29) is 31.2 Å². The van der Waals surface area contributed by atoms with Gasteiger partial charge in [-0.1, -0.05) is 30.3 Å². The number of nitrogens with one attached hydrogen (secondary N) is 1. The number of rotatable bonds is 9. The van der Waals surface area contributed by atoms with Crippen molar-refractivity contribution >= 4 is 27.4 Å². The van der Waals surface area contributed by atoms with Crippen molar-refractivity contribution in [1.82, 2.24) is 13.9 Å². The van der Waals surface area contributed by atoms with Crippen LogP contribution in [0.1, 0.15) is 5.56 Å². The fraction of sp³-hybridized carbons (Fsp3) is 0.389. The van der Waals surface area contributed by atoms with Crippen LogP contribution in [-0.2, 0) is 26.1 Å². The molecule has 0 atom stereocenters. The van der Waals surface area contributed by atoms with Gasteiger partial charge >= 0.3 is 5.69 Å². The van der Waals surface area contributed by atoms with E-state index in [4.69, 9.17) is 10.5 Å². The first kappa shape index (κ1) is 23.3. The summed E-state index contributed by atoms with van der Waals surface area (Å²) in [5.41, 5.74) is 5.08. The fourth-order valence-corrected chi connectivity index (χ4v) is 3.04. The lowest BCUT2D eigenvalue weighted by atomic mass is 10.2. The highest BCUT2D eigenvalue weighted by Crippen LogP contribution is 2.18. The molecule has 0 aliphatic heterocycles. The van der Waals surface area contributed by atoms with E-state index in [1.807, 2.05) is 6.07 Å². The average Bonchev–Trinajstić information content (AvgIpc) is 2.67. The fourth-order valence-electron chi connectivity index (χ4n) is 2.70. The SMILES string of the molecule is COCCN(C(=O)CN(C)S(C)(=O)=O)c1c(N)n(Cc2ccccc2)c(=O)[nH]c1=O. The maximum absolute atomic E-state index is 12.8. The Morgan fingerprint density at radius 1 is 1.23 bits per heavy atom. The lowest BCUT2D eigenvalue weighted by Gasteiger charge is -2.26. The summed E-state index contributed by atoms with van der Waals surface area (Å²) < 4.78 is 30.3. The molecule has 1 aromatic carbocycles. The summed E-state index contributed by atoms with van der Waals surface area (Å²) in [7, 11) is -0.974. The van der Waals surface area contributed by atoms with Gasteiger partial charge in [-0.3, -0.25) is 19.1 Å². The second-order valence-electron chi connectivity index (χ2n) is 6.62. The molecule has 0 bridgehead atoms. The predicted molar refractivity (Wildman–Crippen MR) is 113 cm³/mol. The topological polar surface area (TPSA) is 148 Å². The third kappa shape index (κ3) is 5.55. The van der Waals surface area contributed by atoms with Gasteiger partial charge in [0.1, 0.15) is 5.82 Å². The van der Waals surface area contributed by atoms with Gasteiger partial charge in [-0.25, -0.2) is 13.2 Å². The van der Waals surface area contributed by atoms with Gasteiger partial charge in [0.05, 0.1) is 26.0 Å². The van der Waals surface area contributed by atoms with Gasteiger partial charge in [-0.05, 0) is 5.56 Å². The van der Waals surface area contributed by atoms with Crippen LogP contribution in [0.2, 0.25) is 0 Å². The lowest BCUT2D eigenvalue weighted by Crippen LogP contribution is -2.46. The molecule has 2 aromatic rings. The summed E-state index contributed by atoms with van der Waals surface area (Å²) in [6, 6.07) is 8.96. The number of ether oxygens (including phenoxy) is 1. The Labute approximate surface area is 173 Å². The van der Waals surface area contributed by atoms with E-state index in [1.165, 1.54) is 14.2 Å². The Bertz CT molecular complexity index is 1110. The highest BCUT2D eigenvalue weighted by molar-refractivity contribution is 7.88. The summed E-state index contributed by atoms with van der Waals surface area (Å²) >= 11 is 0. The van der Waals surface area contributed by atoms with Crippen molar-refractivity contribution in [3.05, 3.63) is 56.7 Å². The number of carbonyl (C=O) groups is 1. The summed E-state index contributed by atoms with van der Waals surface area (Å²) in [5.74, 6) is -0.902. The molecule has 1 amide bonds. The molecule has 30 heavy (non-hydrogen) atoms. The van der Waals surface area contributed by atoms with Crippen molar-refractivity contribution in [3.63, 3.8) is 0 Å². The number of likely N-dealkylation sites (N-methyl/N-ethyl adjacent to an activating group) is 1. The number of nitrogens with zero attached hydrogens (tertiary/aromatic N) is 3. The zero-order valence-electron chi connectivity index (χ0n) is 17.0. The number of anilines is 2. The first-order chi connectivity index (χ1) is 14.1. The molecule has 0 fully saturated rings. The van der Waals surface area contributed by atoms with Crippen LogP contribution >= 0.6 is 0 Å². The number of benzene rings is 1. The molecule has 0 spiro atoms. The lowest BCUT2D eigenvalue weighted by molar-refractivity contribution is -0.118. The Morgan fingerprint density at radius 3 is 2.43 bits per heavy atom. The molecular weight excluding hydrogens is 414 g/mol. The Balaban J connectivity index is 2.52. The van der Waals surface area contributed by atoms with Crippen LogP contribution in [0.3, 0.4) is 0 Å². The van der Waals surface area contributed by atoms with E-state index in [1.54, 1.807) is 24.3 Å². The number of aromatic nitrogens is 2. The van der Waals surface area contributed by atoms with Crippen molar-refractivity contribution in [2.45, 2.75) is 6.54 Å². The number of nitrogens with two attached hydrogens (primary N) is 1. The van der Waals surface area contributed by atoms with E-state index in [9.17, 15) is 22.8 Å². The normalized spacial score (nSPS) is 11.6. The number of methoxy groups -OCH3 is 1. The number of aromatic amines is 1. The summed E-state index contributed by atoms with van der Waals surface area (Å²) in [4.78, 5) is 40.9. The van der Waals surface area contributed by atoms with E-state index < -0.39 is 33.7 Å². The van der Waals surface area contributed by atoms with E-state index >= 15 is 0 Å². The monoisotopic (exact) mass is 439 g/mol. The Morgan fingerprint density at radius 2 is 1.87 bits per heavy atom. The molecule has 1 aromatic heterocycles. The minimum Gasteiger partial charge on any atom is -0.383 e. The molecule has 11 nitrogen and oxygen atoms in total. The van der Waals surface area contributed by atoms with Crippen molar-refractivity contribution in [2.75, 3.05) is 50.7 Å². The molecule has 0 radical (unpaired) electrons. The van der Waals surface area contributed by atoms with E-state index in [2.05, 4.69) is 4.98 Å². The molecule has 3 N–H and O–H groups in total. The number of sulfonamides is 1. The maximum atomic E-state index is 12.8. The van der Waals surface area contributed by atoms with Crippen LogP contribution in [0, 0.1) is 0 Å². The number of hydrogen-bond acceptors (Lipinski definition) is 7. The van der Waals surface area contributed by atoms with E-state index in [0.29, 0.717) is 0 Å². The highest BCUT2D eigenvalue weighted by atomic mass is 32.2. The minimum atomic E-state index is -3.63. The minimum absolute atomic E-state index is 0.0605.